The van der Waals surface area contributed by atoms with Crippen LogP contribution >= 0.6 is 0 Å². The second kappa shape index (κ2) is 5.91. The van der Waals surface area contributed by atoms with Gasteiger partial charge in [-0.1, -0.05) is 24.3 Å². The van der Waals surface area contributed by atoms with E-state index >= 15 is 0 Å². The fourth-order valence-electron chi connectivity index (χ4n) is 3.34. The molecule has 2 aromatic carbocycles. The van der Waals surface area contributed by atoms with Crippen LogP contribution in [0.25, 0.3) is 16.9 Å². The van der Waals surface area contributed by atoms with E-state index in [0.29, 0.717) is 22.8 Å². The van der Waals surface area contributed by atoms with Crippen LogP contribution in [0, 0.1) is 0 Å². The highest BCUT2D eigenvalue weighted by atomic mass is 16.5. The van der Waals surface area contributed by atoms with Crippen molar-refractivity contribution in [2.24, 2.45) is 10.2 Å². The summed E-state index contributed by atoms with van der Waals surface area (Å²) in [4.78, 5) is 4.80. The fourth-order valence-corrected chi connectivity index (χ4v) is 3.34. The van der Waals surface area contributed by atoms with Crippen LogP contribution in [0.1, 0.15) is 11.1 Å². The first kappa shape index (κ1) is 15.5. The molecule has 0 atom stereocenters. The molecular weight excluding hydrogens is 340 g/mol. The molecule has 0 radical (unpaired) electrons. The Labute approximate surface area is 155 Å². The van der Waals surface area contributed by atoms with Gasteiger partial charge in [0.2, 0.25) is 0 Å². The van der Waals surface area contributed by atoms with Crippen LogP contribution < -0.4 is 10.5 Å². The van der Waals surface area contributed by atoms with Crippen molar-refractivity contribution in [2.45, 2.75) is 6.42 Å². The largest absolute Gasteiger partial charge is 0.497 e. The Morgan fingerprint density at radius 1 is 1.04 bits per heavy atom. The summed E-state index contributed by atoms with van der Waals surface area (Å²) in [5.41, 5.74) is 12.3. The van der Waals surface area contributed by atoms with Gasteiger partial charge in [-0.25, -0.2) is 9.50 Å². The fraction of sp³-hybridized carbons (Fsp3) is 0.100. The number of nitrogens with two attached hydrogens (primary N) is 1. The summed E-state index contributed by atoms with van der Waals surface area (Å²) >= 11 is 0. The SMILES string of the molecule is COc1ccc(N=Nc2c(N)nn3cc4c(nc23)-c2ccccc2C4)cc1. The van der Waals surface area contributed by atoms with E-state index in [9.17, 15) is 0 Å². The van der Waals surface area contributed by atoms with Gasteiger partial charge in [0, 0.05) is 23.7 Å². The Morgan fingerprint density at radius 3 is 2.67 bits per heavy atom. The van der Waals surface area contributed by atoms with Gasteiger partial charge in [-0.15, -0.1) is 10.2 Å². The first-order valence-electron chi connectivity index (χ1n) is 8.55. The molecule has 0 bridgehead atoms. The number of hydrogen-bond acceptors (Lipinski definition) is 6. The van der Waals surface area contributed by atoms with Crippen LogP contribution in [0.5, 0.6) is 5.75 Å². The summed E-state index contributed by atoms with van der Waals surface area (Å²) < 4.78 is 6.84. The zero-order chi connectivity index (χ0) is 18.4. The molecule has 2 aromatic heterocycles. The van der Waals surface area contributed by atoms with Crippen LogP contribution in [-0.2, 0) is 6.42 Å². The molecule has 7 heteroatoms. The Kier molecular flexibility index (Phi) is 3.39. The van der Waals surface area contributed by atoms with Gasteiger partial charge in [0.1, 0.15) is 5.75 Å². The van der Waals surface area contributed by atoms with Gasteiger partial charge in [0.15, 0.2) is 17.2 Å². The molecule has 5 rings (SSSR count). The quantitative estimate of drug-likeness (QED) is 0.488. The van der Waals surface area contributed by atoms with Crippen molar-refractivity contribution in [2.75, 3.05) is 12.8 Å². The van der Waals surface area contributed by atoms with Crippen molar-refractivity contribution in [1.82, 2.24) is 14.6 Å². The van der Waals surface area contributed by atoms with Crippen molar-refractivity contribution in [3.63, 3.8) is 0 Å². The van der Waals surface area contributed by atoms with Gasteiger partial charge in [-0.2, -0.15) is 5.11 Å². The maximum atomic E-state index is 6.07. The minimum atomic E-state index is 0.303. The summed E-state index contributed by atoms with van der Waals surface area (Å²) in [5.74, 6) is 1.07. The third-order valence-electron chi connectivity index (χ3n) is 4.68. The lowest BCUT2D eigenvalue weighted by atomic mass is 10.1. The Balaban J connectivity index is 1.59. The predicted molar refractivity (Wildman–Crippen MR) is 103 cm³/mol. The molecule has 0 amide bonds. The highest BCUT2D eigenvalue weighted by molar-refractivity contribution is 5.80. The normalized spacial score (nSPS) is 12.5. The van der Waals surface area contributed by atoms with E-state index in [1.54, 1.807) is 11.6 Å². The van der Waals surface area contributed by atoms with Crippen LogP contribution in [0.4, 0.5) is 17.2 Å². The molecule has 0 saturated heterocycles. The van der Waals surface area contributed by atoms with E-state index in [-0.39, 0.29) is 0 Å². The number of nitrogens with zero attached hydrogens (tertiary/aromatic N) is 5. The van der Waals surface area contributed by atoms with Crippen molar-refractivity contribution < 1.29 is 4.74 Å². The molecule has 0 fully saturated rings. The van der Waals surface area contributed by atoms with Crippen molar-refractivity contribution in [1.29, 1.82) is 0 Å². The Bertz CT molecular complexity index is 1190. The number of ether oxygens (including phenoxy) is 1. The monoisotopic (exact) mass is 356 g/mol. The van der Waals surface area contributed by atoms with Gasteiger partial charge < -0.3 is 10.5 Å². The van der Waals surface area contributed by atoms with Crippen LogP contribution in [0.2, 0.25) is 0 Å². The maximum absolute atomic E-state index is 6.07. The lowest BCUT2D eigenvalue weighted by molar-refractivity contribution is 0.415. The first-order chi connectivity index (χ1) is 13.2. The third kappa shape index (κ3) is 2.52. The lowest BCUT2D eigenvalue weighted by Crippen LogP contribution is -1.95. The van der Waals surface area contributed by atoms with Crippen molar-refractivity contribution in [3.8, 4) is 17.0 Å². The summed E-state index contributed by atoms with van der Waals surface area (Å²) in [6.07, 6.45) is 2.82. The summed E-state index contributed by atoms with van der Waals surface area (Å²) in [6.45, 7) is 0. The zero-order valence-corrected chi connectivity index (χ0v) is 14.6. The van der Waals surface area contributed by atoms with Crippen LogP contribution in [0.15, 0.2) is 65.0 Å². The molecule has 2 N–H and O–H groups in total. The van der Waals surface area contributed by atoms with Crippen LogP contribution in [-0.4, -0.2) is 21.7 Å². The number of methoxy groups -OCH3 is 1. The number of anilines is 1. The molecule has 2 heterocycles. The Hall–Kier alpha value is -3.74. The lowest BCUT2D eigenvalue weighted by Gasteiger charge is -2.01. The molecule has 27 heavy (non-hydrogen) atoms. The van der Waals surface area contributed by atoms with E-state index in [1.807, 2.05) is 42.6 Å². The average Bonchev–Trinajstić information content (AvgIpc) is 3.21. The molecular formula is C20H16N6O. The molecule has 132 valence electrons. The van der Waals surface area contributed by atoms with E-state index in [2.05, 4.69) is 27.5 Å². The summed E-state index contributed by atoms with van der Waals surface area (Å²) in [6, 6.07) is 15.6. The van der Waals surface area contributed by atoms with Crippen LogP contribution in [0.3, 0.4) is 0 Å². The highest BCUT2D eigenvalue weighted by Crippen LogP contribution is 2.37. The topological polar surface area (TPSA) is 90.2 Å². The average molecular weight is 356 g/mol. The number of fused-ring (bicyclic) bond motifs is 4. The van der Waals surface area contributed by atoms with Gasteiger partial charge >= 0.3 is 0 Å². The maximum Gasteiger partial charge on any atom is 0.185 e. The number of azo groups is 1. The minimum Gasteiger partial charge on any atom is -0.497 e. The van der Waals surface area contributed by atoms with E-state index in [4.69, 9.17) is 15.5 Å². The first-order valence-corrected chi connectivity index (χ1v) is 8.55. The third-order valence-corrected chi connectivity index (χ3v) is 4.68. The molecule has 0 unspecified atom stereocenters. The van der Waals surface area contributed by atoms with E-state index in [1.165, 1.54) is 5.56 Å². The minimum absolute atomic E-state index is 0.303. The van der Waals surface area contributed by atoms with E-state index in [0.717, 1.165) is 29.0 Å². The Morgan fingerprint density at radius 2 is 1.85 bits per heavy atom. The van der Waals surface area contributed by atoms with Gasteiger partial charge in [-0.05, 0) is 29.8 Å². The number of nitrogen functional groups attached to an aromatic ring is 1. The van der Waals surface area contributed by atoms with Gasteiger partial charge in [0.25, 0.3) is 0 Å². The number of hydrogen-bond donors (Lipinski definition) is 1. The van der Waals surface area contributed by atoms with Gasteiger partial charge in [-0.3, -0.25) is 0 Å². The number of aromatic nitrogens is 3. The molecule has 7 nitrogen and oxygen atoms in total. The molecule has 1 aliphatic carbocycles. The number of rotatable bonds is 3. The second-order valence-electron chi connectivity index (χ2n) is 6.35. The smallest absolute Gasteiger partial charge is 0.185 e. The molecule has 4 aromatic rings. The standard InChI is InChI=1S/C20H16N6O/c1-27-15-8-6-14(7-9-15)23-24-18-19(21)25-26-11-13-10-12-4-2-3-5-16(12)17(13)22-20(18)26/h2-9,11H,10H2,1H3,(H2,21,25). The highest BCUT2D eigenvalue weighted by Gasteiger charge is 2.22. The molecule has 0 saturated carbocycles. The van der Waals surface area contributed by atoms with Crippen molar-refractivity contribution in [3.05, 3.63) is 65.9 Å². The predicted octanol–water partition coefficient (Wildman–Crippen LogP) is 4.31. The zero-order valence-electron chi connectivity index (χ0n) is 14.6. The van der Waals surface area contributed by atoms with E-state index < -0.39 is 0 Å². The van der Waals surface area contributed by atoms with Crippen molar-refractivity contribution >= 4 is 22.8 Å². The second-order valence-corrected chi connectivity index (χ2v) is 6.35. The van der Waals surface area contributed by atoms with Gasteiger partial charge in [0.05, 0.1) is 18.5 Å². The number of benzene rings is 2. The molecule has 0 spiro atoms. The molecule has 1 aliphatic rings. The summed E-state index contributed by atoms with van der Waals surface area (Å²) in [7, 11) is 1.62. The summed E-state index contributed by atoms with van der Waals surface area (Å²) in [5, 5.41) is 12.9. The molecule has 0 aliphatic heterocycles.